The number of benzene rings is 1. The van der Waals surface area contributed by atoms with Crippen molar-refractivity contribution in [3.05, 3.63) is 23.5 Å². The lowest BCUT2D eigenvalue weighted by atomic mass is 10.1. The van der Waals surface area contributed by atoms with E-state index in [9.17, 15) is 9.18 Å². The summed E-state index contributed by atoms with van der Waals surface area (Å²) in [5.74, 6) is -1.98. The molecule has 3 N–H and O–H groups in total. The van der Waals surface area contributed by atoms with Crippen LogP contribution in [0, 0.1) is 5.82 Å². The van der Waals surface area contributed by atoms with Crippen LogP contribution in [0.15, 0.2) is 12.1 Å². The van der Waals surface area contributed by atoms with Crippen molar-refractivity contribution in [1.29, 1.82) is 0 Å². The average Bonchev–Trinajstić information content (AvgIpc) is 2.31. The molecule has 0 aromatic heterocycles. The van der Waals surface area contributed by atoms with Crippen LogP contribution in [-0.4, -0.2) is 37.4 Å². The van der Waals surface area contributed by atoms with E-state index >= 15 is 0 Å². The Balaban J connectivity index is 2.93. The van der Waals surface area contributed by atoms with Crippen molar-refractivity contribution < 1.29 is 19.0 Å². The molecule has 0 spiro atoms. The molecule has 5 nitrogen and oxygen atoms in total. The zero-order valence-corrected chi connectivity index (χ0v) is 11.3. The fourth-order valence-corrected chi connectivity index (χ4v) is 1.67. The molecule has 19 heavy (non-hydrogen) atoms. The molecule has 0 aliphatic heterocycles. The number of hydrogen-bond donors (Lipinski definition) is 2. The highest BCUT2D eigenvalue weighted by atomic mass is 19.1. The quantitative estimate of drug-likeness (QED) is 0.773. The van der Waals surface area contributed by atoms with E-state index < -0.39 is 11.8 Å². The lowest BCUT2D eigenvalue weighted by molar-refractivity contribution is 0.0696. The molecule has 0 fully saturated rings. The summed E-state index contributed by atoms with van der Waals surface area (Å²) in [6.07, 6.45) is 0.102. The number of anilines is 2. The fourth-order valence-electron chi connectivity index (χ4n) is 1.67. The van der Waals surface area contributed by atoms with Crippen molar-refractivity contribution in [3.8, 4) is 0 Å². The first kappa shape index (κ1) is 15.2. The van der Waals surface area contributed by atoms with Crippen molar-refractivity contribution in [2.75, 3.05) is 30.8 Å². The number of likely N-dealkylation sites (N-methyl/N-ethyl adjacent to an activating group) is 1. The Hall–Kier alpha value is -1.82. The largest absolute Gasteiger partial charge is 0.478 e. The van der Waals surface area contributed by atoms with Gasteiger partial charge in [-0.05, 0) is 26.0 Å². The molecule has 0 aliphatic rings. The minimum Gasteiger partial charge on any atom is -0.478 e. The zero-order valence-electron chi connectivity index (χ0n) is 11.3. The summed E-state index contributed by atoms with van der Waals surface area (Å²) in [6.45, 7) is 4.77. The molecule has 0 amide bonds. The Labute approximate surface area is 111 Å². The third kappa shape index (κ3) is 3.82. The number of nitrogens with zero attached hydrogens (tertiary/aromatic N) is 1. The Morgan fingerprint density at radius 1 is 1.53 bits per heavy atom. The maximum Gasteiger partial charge on any atom is 0.340 e. The van der Waals surface area contributed by atoms with Crippen LogP contribution in [0.4, 0.5) is 15.8 Å². The minimum absolute atomic E-state index is 0.102. The van der Waals surface area contributed by atoms with Gasteiger partial charge in [-0.3, -0.25) is 0 Å². The molecule has 0 atom stereocenters. The molecule has 1 aromatic rings. The van der Waals surface area contributed by atoms with E-state index in [2.05, 4.69) is 0 Å². The third-order valence-electron chi connectivity index (χ3n) is 2.67. The summed E-state index contributed by atoms with van der Waals surface area (Å²) >= 11 is 0. The van der Waals surface area contributed by atoms with Gasteiger partial charge in [0.25, 0.3) is 0 Å². The SMILES string of the molecule is CC(C)OCCN(C)c1ccc(F)c(N)c1C(=O)O. The topological polar surface area (TPSA) is 75.8 Å². The Morgan fingerprint density at radius 3 is 2.68 bits per heavy atom. The van der Waals surface area contributed by atoms with Crippen molar-refractivity contribution in [2.45, 2.75) is 20.0 Å². The molecule has 0 radical (unpaired) electrons. The number of rotatable bonds is 6. The van der Waals surface area contributed by atoms with Gasteiger partial charge in [0.15, 0.2) is 0 Å². The van der Waals surface area contributed by atoms with Gasteiger partial charge in [0.1, 0.15) is 11.4 Å². The van der Waals surface area contributed by atoms with Crippen LogP contribution in [0.2, 0.25) is 0 Å². The number of carboxylic acids is 1. The Kier molecular flexibility index (Phi) is 5.11. The first-order valence-electron chi connectivity index (χ1n) is 5.98. The number of nitrogens with two attached hydrogens (primary N) is 1. The Morgan fingerprint density at radius 2 is 2.16 bits per heavy atom. The van der Waals surface area contributed by atoms with Gasteiger partial charge in [-0.25, -0.2) is 9.18 Å². The van der Waals surface area contributed by atoms with Crippen molar-refractivity contribution in [1.82, 2.24) is 0 Å². The van der Waals surface area contributed by atoms with E-state index in [1.54, 1.807) is 11.9 Å². The van der Waals surface area contributed by atoms with E-state index in [1.165, 1.54) is 6.07 Å². The van der Waals surface area contributed by atoms with Crippen molar-refractivity contribution in [3.63, 3.8) is 0 Å². The maximum atomic E-state index is 13.3. The summed E-state index contributed by atoms with van der Waals surface area (Å²) in [5, 5.41) is 9.13. The highest BCUT2D eigenvalue weighted by Crippen LogP contribution is 2.27. The summed E-state index contributed by atoms with van der Waals surface area (Å²) in [4.78, 5) is 12.9. The summed E-state index contributed by atoms with van der Waals surface area (Å²) in [5.41, 5.74) is 5.30. The second-order valence-corrected chi connectivity index (χ2v) is 4.50. The van der Waals surface area contributed by atoms with Crippen molar-refractivity contribution in [2.24, 2.45) is 0 Å². The van der Waals surface area contributed by atoms with Gasteiger partial charge in [-0.1, -0.05) is 0 Å². The standard InChI is InChI=1S/C13H19FN2O3/c1-8(2)19-7-6-16(3)10-5-4-9(14)12(15)11(10)13(17)18/h4-5,8H,6-7,15H2,1-3H3,(H,17,18). The van der Waals surface area contributed by atoms with Gasteiger partial charge in [0.2, 0.25) is 0 Å². The molecule has 0 saturated carbocycles. The normalized spacial score (nSPS) is 10.8. The maximum absolute atomic E-state index is 13.3. The van der Waals surface area contributed by atoms with Gasteiger partial charge in [0.05, 0.1) is 24.1 Å². The smallest absolute Gasteiger partial charge is 0.340 e. The third-order valence-corrected chi connectivity index (χ3v) is 2.67. The lowest BCUT2D eigenvalue weighted by Crippen LogP contribution is -2.26. The van der Waals surface area contributed by atoms with Crippen LogP contribution in [0.25, 0.3) is 0 Å². The number of carboxylic acid groups (broad SMARTS) is 1. The van der Waals surface area contributed by atoms with E-state index in [1.807, 2.05) is 13.8 Å². The van der Waals surface area contributed by atoms with Crippen LogP contribution in [0.1, 0.15) is 24.2 Å². The molecule has 0 saturated heterocycles. The number of hydrogen-bond acceptors (Lipinski definition) is 4. The second-order valence-electron chi connectivity index (χ2n) is 4.50. The molecule has 1 rings (SSSR count). The molecular weight excluding hydrogens is 251 g/mol. The molecule has 0 bridgehead atoms. The molecule has 106 valence electrons. The van der Waals surface area contributed by atoms with Gasteiger partial charge >= 0.3 is 5.97 Å². The lowest BCUT2D eigenvalue weighted by Gasteiger charge is -2.22. The molecule has 1 aromatic carbocycles. The average molecular weight is 270 g/mol. The highest BCUT2D eigenvalue weighted by Gasteiger charge is 2.19. The number of carbonyl (C=O) groups is 1. The number of nitrogen functional groups attached to an aromatic ring is 1. The van der Waals surface area contributed by atoms with E-state index in [-0.39, 0.29) is 17.4 Å². The van der Waals surface area contributed by atoms with Crippen LogP contribution < -0.4 is 10.6 Å². The molecule has 6 heteroatoms. The summed E-state index contributed by atoms with van der Waals surface area (Å²) in [6, 6.07) is 2.57. The first-order chi connectivity index (χ1) is 8.84. The number of ether oxygens (including phenoxy) is 1. The summed E-state index contributed by atoms with van der Waals surface area (Å²) < 4.78 is 18.7. The fraction of sp³-hybridized carbons (Fsp3) is 0.462. The van der Waals surface area contributed by atoms with E-state index in [0.717, 1.165) is 6.07 Å². The van der Waals surface area contributed by atoms with Gasteiger partial charge in [-0.2, -0.15) is 0 Å². The molecule has 0 heterocycles. The number of aromatic carboxylic acids is 1. The van der Waals surface area contributed by atoms with Crippen molar-refractivity contribution >= 4 is 17.3 Å². The predicted molar refractivity (Wildman–Crippen MR) is 72.1 cm³/mol. The van der Waals surface area contributed by atoms with E-state index in [4.69, 9.17) is 15.6 Å². The molecular formula is C13H19FN2O3. The van der Waals surface area contributed by atoms with Gasteiger partial charge in [0, 0.05) is 13.6 Å². The highest BCUT2D eigenvalue weighted by molar-refractivity contribution is 6.00. The summed E-state index contributed by atoms with van der Waals surface area (Å²) in [7, 11) is 1.71. The second kappa shape index (κ2) is 6.38. The Bertz CT molecular complexity index is 463. The van der Waals surface area contributed by atoms with Crippen LogP contribution in [0.5, 0.6) is 0 Å². The number of halogens is 1. The molecule has 0 aliphatic carbocycles. The monoisotopic (exact) mass is 270 g/mol. The minimum atomic E-state index is -1.25. The van der Waals surface area contributed by atoms with Crippen LogP contribution >= 0.6 is 0 Å². The molecule has 0 unspecified atom stereocenters. The van der Waals surface area contributed by atoms with Gasteiger partial charge < -0.3 is 20.5 Å². The van der Waals surface area contributed by atoms with Crippen LogP contribution in [0.3, 0.4) is 0 Å². The first-order valence-corrected chi connectivity index (χ1v) is 5.98. The predicted octanol–water partition coefficient (Wildman–Crippen LogP) is 1.97. The zero-order chi connectivity index (χ0) is 14.6. The van der Waals surface area contributed by atoms with Gasteiger partial charge in [-0.15, -0.1) is 0 Å². The van der Waals surface area contributed by atoms with Crippen LogP contribution in [-0.2, 0) is 4.74 Å². The van der Waals surface area contributed by atoms with E-state index in [0.29, 0.717) is 18.8 Å².